The van der Waals surface area contributed by atoms with Gasteiger partial charge in [0.1, 0.15) is 0 Å². The summed E-state index contributed by atoms with van der Waals surface area (Å²) in [5, 5.41) is 0. The molecule has 0 spiro atoms. The maximum atomic E-state index is 11.2. The highest BCUT2D eigenvalue weighted by molar-refractivity contribution is 7.85. The molecule has 0 aromatic carbocycles. The molecule has 0 fully saturated rings. The Hall–Kier alpha value is 0.110. The van der Waals surface area contributed by atoms with Crippen molar-refractivity contribution in [2.75, 3.05) is 11.5 Å². The van der Waals surface area contributed by atoms with E-state index in [1.165, 1.54) is 0 Å². The molecule has 3 heteroatoms. The van der Waals surface area contributed by atoms with Crippen molar-refractivity contribution in [3.05, 3.63) is 0 Å². The van der Waals surface area contributed by atoms with E-state index in [0.29, 0.717) is 5.75 Å². The lowest BCUT2D eigenvalue weighted by atomic mass is 10.1. The summed E-state index contributed by atoms with van der Waals surface area (Å²) in [6.45, 7) is 5.93. The molecule has 0 rings (SSSR count). The fourth-order valence-electron chi connectivity index (χ4n) is 0.792. The first kappa shape index (κ1) is 11.1. The first-order valence-electron chi connectivity index (χ1n) is 4.09. The van der Waals surface area contributed by atoms with E-state index in [1.54, 1.807) is 0 Å². The van der Waals surface area contributed by atoms with Crippen LogP contribution in [0.4, 0.5) is 0 Å². The number of unbranched alkanes of at least 4 members (excludes halogenated alkanes) is 1. The van der Waals surface area contributed by atoms with E-state index >= 15 is 0 Å². The Kier molecular flexibility index (Phi) is 4.93. The summed E-state index contributed by atoms with van der Waals surface area (Å²) in [4.78, 5) is 0. The van der Waals surface area contributed by atoms with Crippen molar-refractivity contribution in [1.82, 2.24) is 0 Å². The first-order chi connectivity index (χ1) is 4.95. The van der Waals surface area contributed by atoms with Crippen LogP contribution in [-0.2, 0) is 10.8 Å². The maximum Gasteiger partial charge on any atom is 0.0409 e. The molecule has 0 amide bonds. The normalized spacial score (nSPS) is 14.9. The van der Waals surface area contributed by atoms with Crippen LogP contribution >= 0.6 is 0 Å². The van der Waals surface area contributed by atoms with E-state index in [4.69, 9.17) is 5.73 Å². The smallest absolute Gasteiger partial charge is 0.0409 e. The van der Waals surface area contributed by atoms with Crippen molar-refractivity contribution in [3.8, 4) is 0 Å². The summed E-state index contributed by atoms with van der Waals surface area (Å²) in [5.74, 6) is 1.42. The van der Waals surface area contributed by atoms with Crippen molar-refractivity contribution >= 4 is 10.8 Å². The van der Waals surface area contributed by atoms with Gasteiger partial charge >= 0.3 is 0 Å². The van der Waals surface area contributed by atoms with Gasteiger partial charge in [0.25, 0.3) is 0 Å². The summed E-state index contributed by atoms with van der Waals surface area (Å²) >= 11 is 0. The summed E-state index contributed by atoms with van der Waals surface area (Å²) < 4.78 is 11.2. The van der Waals surface area contributed by atoms with Crippen LogP contribution < -0.4 is 5.73 Å². The average Bonchev–Trinajstić information content (AvgIpc) is 1.79. The molecule has 1 atom stereocenters. The Morgan fingerprint density at radius 3 is 2.36 bits per heavy atom. The SMILES string of the molecule is CCCCS(=O)CC(C)(C)N. The Labute approximate surface area is 72.0 Å². The van der Waals surface area contributed by atoms with Gasteiger partial charge in [-0.15, -0.1) is 0 Å². The van der Waals surface area contributed by atoms with Crippen molar-refractivity contribution in [2.45, 2.75) is 39.2 Å². The second kappa shape index (κ2) is 4.88. The van der Waals surface area contributed by atoms with Crippen molar-refractivity contribution in [3.63, 3.8) is 0 Å². The summed E-state index contributed by atoms with van der Waals surface area (Å²) in [6, 6.07) is 0. The molecule has 0 saturated carbocycles. The van der Waals surface area contributed by atoms with Gasteiger partial charge in [-0.2, -0.15) is 0 Å². The van der Waals surface area contributed by atoms with E-state index in [0.717, 1.165) is 18.6 Å². The third-order valence-corrected chi connectivity index (χ3v) is 3.07. The zero-order valence-corrected chi connectivity index (χ0v) is 8.54. The molecule has 0 aliphatic rings. The van der Waals surface area contributed by atoms with E-state index in [1.807, 2.05) is 13.8 Å². The molecule has 0 radical (unpaired) electrons. The third-order valence-electron chi connectivity index (χ3n) is 1.26. The standard InChI is InChI=1S/C8H19NOS/c1-4-5-6-11(10)7-8(2,3)9/h4-7,9H2,1-3H3. The minimum atomic E-state index is -0.714. The van der Waals surface area contributed by atoms with Crippen molar-refractivity contribution in [2.24, 2.45) is 5.73 Å². The quantitative estimate of drug-likeness (QED) is 0.687. The predicted octanol–water partition coefficient (Wildman–Crippen LogP) is 1.27. The molecule has 0 aliphatic heterocycles. The summed E-state index contributed by atoms with van der Waals surface area (Å²) in [5.41, 5.74) is 5.44. The highest BCUT2D eigenvalue weighted by Crippen LogP contribution is 2.01. The van der Waals surface area contributed by atoms with E-state index in [9.17, 15) is 4.21 Å². The van der Waals surface area contributed by atoms with Crippen molar-refractivity contribution in [1.29, 1.82) is 0 Å². The van der Waals surface area contributed by atoms with Crippen LogP contribution in [0.1, 0.15) is 33.6 Å². The minimum absolute atomic E-state index is 0.279. The summed E-state index contributed by atoms with van der Waals surface area (Å²) in [6.07, 6.45) is 2.15. The number of hydrogen-bond acceptors (Lipinski definition) is 2. The maximum absolute atomic E-state index is 11.2. The molecule has 0 saturated heterocycles. The van der Waals surface area contributed by atoms with Gasteiger partial charge in [-0.1, -0.05) is 13.3 Å². The molecule has 0 bridgehead atoms. The number of nitrogens with two attached hydrogens (primary N) is 1. The number of hydrogen-bond donors (Lipinski definition) is 1. The fourth-order valence-corrected chi connectivity index (χ4v) is 2.38. The van der Waals surface area contributed by atoms with Crippen LogP contribution in [0.2, 0.25) is 0 Å². The van der Waals surface area contributed by atoms with Gasteiger partial charge in [0.2, 0.25) is 0 Å². The van der Waals surface area contributed by atoms with Crippen LogP contribution in [0.3, 0.4) is 0 Å². The lowest BCUT2D eigenvalue weighted by Gasteiger charge is -2.17. The molecular weight excluding hydrogens is 158 g/mol. The molecule has 1 unspecified atom stereocenters. The minimum Gasteiger partial charge on any atom is -0.325 e. The Morgan fingerprint density at radius 1 is 1.45 bits per heavy atom. The fraction of sp³-hybridized carbons (Fsp3) is 1.00. The van der Waals surface area contributed by atoms with E-state index < -0.39 is 10.8 Å². The highest BCUT2D eigenvalue weighted by atomic mass is 32.2. The van der Waals surface area contributed by atoms with Gasteiger partial charge in [-0.3, -0.25) is 4.21 Å². The van der Waals surface area contributed by atoms with Gasteiger partial charge in [-0.25, -0.2) is 0 Å². The monoisotopic (exact) mass is 177 g/mol. The zero-order chi connectivity index (χ0) is 8.91. The van der Waals surface area contributed by atoms with Gasteiger partial charge in [0.15, 0.2) is 0 Å². The zero-order valence-electron chi connectivity index (χ0n) is 7.72. The second-order valence-corrected chi connectivity index (χ2v) is 5.21. The van der Waals surface area contributed by atoms with E-state index in [2.05, 4.69) is 6.92 Å². The van der Waals surface area contributed by atoms with Gasteiger partial charge in [-0.05, 0) is 20.3 Å². The molecule has 0 aromatic heterocycles. The molecule has 2 N–H and O–H groups in total. The lowest BCUT2D eigenvalue weighted by molar-refractivity contribution is 0.577. The largest absolute Gasteiger partial charge is 0.325 e. The molecule has 0 aliphatic carbocycles. The predicted molar refractivity (Wildman–Crippen MR) is 51.1 cm³/mol. The van der Waals surface area contributed by atoms with E-state index in [-0.39, 0.29) is 5.54 Å². The first-order valence-corrected chi connectivity index (χ1v) is 5.58. The Balaban J connectivity index is 3.53. The molecule has 0 aromatic rings. The Morgan fingerprint density at radius 2 is 2.00 bits per heavy atom. The van der Waals surface area contributed by atoms with Crippen LogP contribution in [0.5, 0.6) is 0 Å². The average molecular weight is 177 g/mol. The van der Waals surface area contributed by atoms with Crippen LogP contribution in [0.25, 0.3) is 0 Å². The van der Waals surface area contributed by atoms with Gasteiger partial charge in [0, 0.05) is 27.8 Å². The summed E-state index contributed by atoms with van der Waals surface area (Å²) in [7, 11) is -0.714. The van der Waals surface area contributed by atoms with Crippen LogP contribution in [0, 0.1) is 0 Å². The van der Waals surface area contributed by atoms with Crippen LogP contribution in [-0.4, -0.2) is 21.3 Å². The molecule has 0 heterocycles. The molecule has 68 valence electrons. The topological polar surface area (TPSA) is 43.1 Å². The molecule has 2 nitrogen and oxygen atoms in total. The van der Waals surface area contributed by atoms with Crippen molar-refractivity contribution < 1.29 is 4.21 Å². The highest BCUT2D eigenvalue weighted by Gasteiger charge is 2.14. The Bertz CT molecular complexity index is 129. The second-order valence-electron chi connectivity index (χ2n) is 3.63. The number of rotatable bonds is 5. The lowest BCUT2D eigenvalue weighted by Crippen LogP contribution is -2.38. The molecule has 11 heavy (non-hydrogen) atoms. The third kappa shape index (κ3) is 8.01. The van der Waals surface area contributed by atoms with Gasteiger partial charge < -0.3 is 5.73 Å². The van der Waals surface area contributed by atoms with Crippen LogP contribution in [0.15, 0.2) is 0 Å². The van der Waals surface area contributed by atoms with Gasteiger partial charge in [0.05, 0.1) is 0 Å². The molecular formula is C8H19NOS.